The number of rotatable bonds is 4. The van der Waals surface area contributed by atoms with Crippen molar-refractivity contribution in [1.82, 2.24) is 4.98 Å². The molecule has 0 bridgehead atoms. The van der Waals surface area contributed by atoms with Crippen molar-refractivity contribution in [2.24, 2.45) is 0 Å². The molecule has 0 saturated carbocycles. The van der Waals surface area contributed by atoms with E-state index in [2.05, 4.69) is 4.98 Å². The van der Waals surface area contributed by atoms with Crippen LogP contribution in [0, 0.1) is 0 Å². The van der Waals surface area contributed by atoms with Crippen molar-refractivity contribution < 1.29 is 14.2 Å². The molecule has 0 unspecified atom stereocenters. The Morgan fingerprint density at radius 3 is 2.47 bits per heavy atom. The molecular weight excluding hydrogens is 218 g/mol. The second-order valence-electron chi connectivity index (χ2n) is 3.29. The lowest BCUT2D eigenvalue weighted by molar-refractivity contribution is 0.365. The zero-order chi connectivity index (χ0) is 12.1. The van der Waals surface area contributed by atoms with Gasteiger partial charge in [0.25, 0.3) is 0 Å². The summed E-state index contributed by atoms with van der Waals surface area (Å²) in [6.07, 6.45) is 1.67. The molecule has 1 aromatic heterocycles. The first kappa shape index (κ1) is 11.3. The van der Waals surface area contributed by atoms with Crippen LogP contribution in [0.1, 0.15) is 0 Å². The van der Waals surface area contributed by atoms with Gasteiger partial charge in [0, 0.05) is 18.3 Å². The van der Waals surface area contributed by atoms with Gasteiger partial charge in [0.15, 0.2) is 11.5 Å². The maximum Gasteiger partial charge on any atom is 0.219 e. The van der Waals surface area contributed by atoms with Crippen LogP contribution in [0.25, 0.3) is 0 Å². The Kier molecular flexibility index (Phi) is 3.45. The number of pyridine rings is 1. The first-order valence-corrected chi connectivity index (χ1v) is 5.14. The van der Waals surface area contributed by atoms with E-state index in [1.54, 1.807) is 44.7 Å². The fraction of sp³-hybridized carbons (Fsp3) is 0.154. The van der Waals surface area contributed by atoms with Crippen molar-refractivity contribution in [1.29, 1.82) is 0 Å². The van der Waals surface area contributed by atoms with Gasteiger partial charge in [-0.05, 0) is 18.2 Å². The fourth-order valence-electron chi connectivity index (χ4n) is 1.38. The van der Waals surface area contributed by atoms with Gasteiger partial charge in [-0.15, -0.1) is 0 Å². The van der Waals surface area contributed by atoms with Crippen LogP contribution in [0.15, 0.2) is 42.6 Å². The summed E-state index contributed by atoms with van der Waals surface area (Å²) in [5.41, 5.74) is 0. The van der Waals surface area contributed by atoms with Crippen LogP contribution in [-0.4, -0.2) is 19.2 Å². The molecular formula is C13H13NO3. The summed E-state index contributed by atoms with van der Waals surface area (Å²) in [5, 5.41) is 0. The van der Waals surface area contributed by atoms with Crippen molar-refractivity contribution in [2.45, 2.75) is 0 Å². The number of methoxy groups -OCH3 is 2. The maximum absolute atomic E-state index is 5.61. The van der Waals surface area contributed by atoms with Gasteiger partial charge in [-0.25, -0.2) is 4.98 Å². The predicted molar refractivity (Wildman–Crippen MR) is 63.9 cm³/mol. The molecule has 2 rings (SSSR count). The summed E-state index contributed by atoms with van der Waals surface area (Å²) in [7, 11) is 3.19. The average molecular weight is 231 g/mol. The molecule has 0 fully saturated rings. The van der Waals surface area contributed by atoms with Crippen LogP contribution in [0.5, 0.6) is 23.1 Å². The summed E-state index contributed by atoms with van der Waals surface area (Å²) in [6.45, 7) is 0. The van der Waals surface area contributed by atoms with E-state index in [0.29, 0.717) is 17.4 Å². The lowest BCUT2D eigenvalue weighted by Crippen LogP contribution is -1.92. The third-order valence-electron chi connectivity index (χ3n) is 2.22. The Balaban J connectivity index is 2.26. The van der Waals surface area contributed by atoms with Gasteiger partial charge in [-0.3, -0.25) is 0 Å². The van der Waals surface area contributed by atoms with Gasteiger partial charge >= 0.3 is 0 Å². The summed E-state index contributed by atoms with van der Waals surface area (Å²) < 4.78 is 15.9. The Morgan fingerprint density at radius 2 is 1.82 bits per heavy atom. The minimum absolute atomic E-state index is 0.524. The van der Waals surface area contributed by atoms with Crippen LogP contribution < -0.4 is 14.2 Å². The molecule has 17 heavy (non-hydrogen) atoms. The maximum atomic E-state index is 5.61. The molecule has 88 valence electrons. The molecule has 0 saturated heterocycles. The van der Waals surface area contributed by atoms with Crippen LogP contribution in [0.4, 0.5) is 0 Å². The second kappa shape index (κ2) is 5.21. The quantitative estimate of drug-likeness (QED) is 0.811. The summed E-state index contributed by atoms with van der Waals surface area (Å²) in [4.78, 5) is 4.08. The van der Waals surface area contributed by atoms with E-state index < -0.39 is 0 Å². The topological polar surface area (TPSA) is 40.6 Å². The van der Waals surface area contributed by atoms with Gasteiger partial charge in [0.05, 0.1) is 14.2 Å². The Morgan fingerprint density at radius 1 is 0.941 bits per heavy atom. The zero-order valence-corrected chi connectivity index (χ0v) is 9.71. The molecule has 4 heteroatoms. The third kappa shape index (κ3) is 2.66. The molecule has 0 spiro atoms. The highest BCUT2D eigenvalue weighted by atomic mass is 16.5. The average Bonchev–Trinajstić information content (AvgIpc) is 2.40. The number of hydrogen-bond acceptors (Lipinski definition) is 4. The van der Waals surface area contributed by atoms with Gasteiger partial charge < -0.3 is 14.2 Å². The van der Waals surface area contributed by atoms with Crippen LogP contribution in [0.2, 0.25) is 0 Å². The molecule has 0 aliphatic heterocycles. The third-order valence-corrected chi connectivity index (χ3v) is 2.22. The highest BCUT2D eigenvalue weighted by Gasteiger charge is 2.07. The number of ether oxygens (including phenoxy) is 3. The summed E-state index contributed by atoms with van der Waals surface area (Å²) in [6, 6.07) is 10.8. The van der Waals surface area contributed by atoms with E-state index in [9.17, 15) is 0 Å². The van der Waals surface area contributed by atoms with E-state index in [-0.39, 0.29) is 0 Å². The van der Waals surface area contributed by atoms with Crippen LogP contribution >= 0.6 is 0 Å². The molecule has 0 N–H and O–H groups in total. The zero-order valence-electron chi connectivity index (χ0n) is 9.71. The summed E-state index contributed by atoms with van der Waals surface area (Å²) >= 11 is 0. The minimum Gasteiger partial charge on any atom is -0.497 e. The van der Waals surface area contributed by atoms with Crippen molar-refractivity contribution in [3.63, 3.8) is 0 Å². The molecule has 2 aromatic rings. The van der Waals surface area contributed by atoms with Gasteiger partial charge in [-0.2, -0.15) is 0 Å². The molecule has 1 heterocycles. The fourth-order valence-corrected chi connectivity index (χ4v) is 1.38. The first-order chi connectivity index (χ1) is 8.33. The number of nitrogens with zero attached hydrogens (tertiary/aromatic N) is 1. The van der Waals surface area contributed by atoms with Crippen LogP contribution in [-0.2, 0) is 0 Å². The molecule has 0 aliphatic carbocycles. The lowest BCUT2D eigenvalue weighted by Gasteiger charge is -2.10. The Hall–Kier alpha value is -2.23. The van der Waals surface area contributed by atoms with E-state index in [0.717, 1.165) is 5.75 Å². The van der Waals surface area contributed by atoms with E-state index in [1.165, 1.54) is 0 Å². The van der Waals surface area contributed by atoms with E-state index in [1.807, 2.05) is 12.1 Å². The molecule has 0 aliphatic rings. The lowest BCUT2D eigenvalue weighted by atomic mass is 10.3. The van der Waals surface area contributed by atoms with Gasteiger partial charge in [-0.1, -0.05) is 6.07 Å². The van der Waals surface area contributed by atoms with Crippen molar-refractivity contribution in [3.05, 3.63) is 42.6 Å². The largest absolute Gasteiger partial charge is 0.497 e. The predicted octanol–water partition coefficient (Wildman–Crippen LogP) is 2.89. The SMILES string of the molecule is COc1ccc(Oc2ccccn2)c(OC)c1. The first-order valence-electron chi connectivity index (χ1n) is 5.14. The van der Waals surface area contributed by atoms with Crippen LogP contribution in [0.3, 0.4) is 0 Å². The highest BCUT2D eigenvalue weighted by Crippen LogP contribution is 2.33. The number of hydrogen-bond donors (Lipinski definition) is 0. The molecule has 0 atom stereocenters. The molecule has 0 amide bonds. The highest BCUT2D eigenvalue weighted by molar-refractivity contribution is 5.46. The molecule has 1 aromatic carbocycles. The van der Waals surface area contributed by atoms with E-state index >= 15 is 0 Å². The summed E-state index contributed by atoms with van der Waals surface area (Å²) in [5.74, 6) is 2.45. The van der Waals surface area contributed by atoms with Gasteiger partial charge in [0.1, 0.15) is 5.75 Å². The molecule has 4 nitrogen and oxygen atoms in total. The number of benzene rings is 1. The smallest absolute Gasteiger partial charge is 0.219 e. The normalized spacial score (nSPS) is 9.76. The Bertz CT molecular complexity index is 485. The van der Waals surface area contributed by atoms with Crippen molar-refractivity contribution >= 4 is 0 Å². The molecule has 0 radical (unpaired) electrons. The van der Waals surface area contributed by atoms with E-state index in [4.69, 9.17) is 14.2 Å². The second-order valence-corrected chi connectivity index (χ2v) is 3.29. The minimum atomic E-state index is 0.524. The number of aromatic nitrogens is 1. The van der Waals surface area contributed by atoms with Crippen molar-refractivity contribution in [3.8, 4) is 23.1 Å². The monoisotopic (exact) mass is 231 g/mol. The Labute approximate surface area is 99.8 Å². The standard InChI is InChI=1S/C13H13NO3/c1-15-10-6-7-11(12(9-10)16-2)17-13-5-3-4-8-14-13/h3-9H,1-2H3. The van der Waals surface area contributed by atoms with Crippen molar-refractivity contribution in [2.75, 3.05) is 14.2 Å². The van der Waals surface area contributed by atoms with Gasteiger partial charge in [0.2, 0.25) is 5.88 Å².